The highest BCUT2D eigenvalue weighted by Crippen LogP contribution is 2.41. The van der Waals surface area contributed by atoms with E-state index in [0.29, 0.717) is 5.92 Å². The molecule has 1 atom stereocenters. The zero-order valence-corrected chi connectivity index (χ0v) is 10.0. The number of rotatable bonds is 0. The molecule has 0 amide bonds. The Balaban J connectivity index is 2.08. The topological polar surface area (TPSA) is 17.0 Å². The lowest BCUT2D eigenvalue weighted by atomic mass is 9.82. The van der Waals surface area contributed by atoms with Crippen LogP contribution in [0.4, 0.5) is 0 Å². The standard InChI is InChI=1S/C15H16N2/c1-17-9-10-8-13-11(5-3-7-16-13)12-4-2-6-14(17)15(10)12/h2,4,6,8-9,11,16H,3,5,7H2,1H3. The van der Waals surface area contributed by atoms with Crippen molar-refractivity contribution in [3.8, 4) is 0 Å². The van der Waals surface area contributed by atoms with Crippen molar-refractivity contribution in [2.75, 3.05) is 6.54 Å². The monoisotopic (exact) mass is 224 g/mol. The summed E-state index contributed by atoms with van der Waals surface area (Å²) in [5.41, 5.74) is 5.67. The summed E-state index contributed by atoms with van der Waals surface area (Å²) in [7, 11) is 2.14. The minimum atomic E-state index is 0.599. The number of aromatic nitrogens is 1. The van der Waals surface area contributed by atoms with E-state index in [4.69, 9.17) is 0 Å². The molecule has 1 N–H and O–H groups in total. The Morgan fingerprint density at radius 2 is 2.29 bits per heavy atom. The fourth-order valence-electron chi connectivity index (χ4n) is 3.37. The third-order valence-corrected chi connectivity index (χ3v) is 4.14. The SMILES string of the molecule is Cn1cc2c3c(cccc31)C1CCCNC1=C2. The Bertz CT molecular complexity index is 634. The van der Waals surface area contributed by atoms with Gasteiger partial charge in [-0.15, -0.1) is 0 Å². The number of nitrogens with one attached hydrogen (secondary N) is 1. The van der Waals surface area contributed by atoms with Gasteiger partial charge in [-0.05, 0) is 30.5 Å². The number of benzene rings is 1. The summed E-state index contributed by atoms with van der Waals surface area (Å²) in [5, 5.41) is 5.03. The van der Waals surface area contributed by atoms with E-state index in [2.05, 4.69) is 47.4 Å². The number of piperidine rings is 1. The van der Waals surface area contributed by atoms with Crippen molar-refractivity contribution in [2.45, 2.75) is 18.8 Å². The van der Waals surface area contributed by atoms with Crippen LogP contribution in [0.3, 0.4) is 0 Å². The summed E-state index contributed by atoms with van der Waals surface area (Å²) in [6.45, 7) is 1.13. The summed E-state index contributed by atoms with van der Waals surface area (Å²) in [6.07, 6.45) is 7.15. The largest absolute Gasteiger partial charge is 0.388 e. The fourth-order valence-corrected chi connectivity index (χ4v) is 3.37. The molecule has 4 rings (SSSR count). The first-order valence-corrected chi connectivity index (χ1v) is 6.38. The van der Waals surface area contributed by atoms with E-state index < -0.39 is 0 Å². The third kappa shape index (κ3) is 1.15. The van der Waals surface area contributed by atoms with Crippen LogP contribution < -0.4 is 5.32 Å². The van der Waals surface area contributed by atoms with Crippen LogP contribution >= 0.6 is 0 Å². The van der Waals surface area contributed by atoms with Crippen LogP contribution in [0.5, 0.6) is 0 Å². The van der Waals surface area contributed by atoms with Crippen LogP contribution in [0.1, 0.15) is 29.9 Å². The lowest BCUT2D eigenvalue weighted by molar-refractivity contribution is 0.534. The zero-order chi connectivity index (χ0) is 11.4. The number of fused-ring (bicyclic) bond motifs is 2. The van der Waals surface area contributed by atoms with Crippen LogP contribution in [-0.4, -0.2) is 11.1 Å². The minimum absolute atomic E-state index is 0.599. The third-order valence-electron chi connectivity index (χ3n) is 4.14. The van der Waals surface area contributed by atoms with Crippen LogP contribution in [0.15, 0.2) is 30.1 Å². The van der Waals surface area contributed by atoms with Crippen LogP contribution in [0.25, 0.3) is 17.0 Å². The molecule has 2 aromatic rings. The van der Waals surface area contributed by atoms with E-state index in [0.717, 1.165) is 6.54 Å². The van der Waals surface area contributed by atoms with Gasteiger partial charge in [-0.2, -0.15) is 0 Å². The van der Waals surface area contributed by atoms with Crippen molar-refractivity contribution in [1.29, 1.82) is 0 Å². The molecule has 2 heteroatoms. The van der Waals surface area contributed by atoms with Gasteiger partial charge in [0.15, 0.2) is 0 Å². The summed E-state index contributed by atoms with van der Waals surface area (Å²) in [6, 6.07) is 6.72. The van der Waals surface area contributed by atoms with Crippen molar-refractivity contribution < 1.29 is 0 Å². The smallest absolute Gasteiger partial charge is 0.0486 e. The fraction of sp³-hybridized carbons (Fsp3) is 0.333. The Kier molecular flexibility index (Phi) is 1.74. The van der Waals surface area contributed by atoms with Gasteiger partial charge in [-0.3, -0.25) is 0 Å². The summed E-state index contributed by atoms with van der Waals surface area (Å²) in [4.78, 5) is 0. The second-order valence-corrected chi connectivity index (χ2v) is 5.16. The number of hydrogen-bond acceptors (Lipinski definition) is 1. The van der Waals surface area contributed by atoms with Crippen molar-refractivity contribution >= 4 is 17.0 Å². The second kappa shape index (κ2) is 3.16. The molecule has 0 bridgehead atoms. The van der Waals surface area contributed by atoms with Gasteiger partial charge in [0, 0.05) is 47.9 Å². The lowest BCUT2D eigenvalue weighted by Crippen LogP contribution is -2.27. The summed E-state index contributed by atoms with van der Waals surface area (Å²) in [5.74, 6) is 0.599. The molecule has 1 unspecified atom stereocenters. The first kappa shape index (κ1) is 9.34. The average Bonchev–Trinajstić information content (AvgIpc) is 2.68. The molecule has 0 spiro atoms. The highest BCUT2D eigenvalue weighted by Gasteiger charge is 2.27. The first-order valence-electron chi connectivity index (χ1n) is 6.38. The van der Waals surface area contributed by atoms with Crippen LogP contribution in [0, 0.1) is 0 Å². The van der Waals surface area contributed by atoms with E-state index >= 15 is 0 Å². The predicted octanol–water partition coefficient (Wildman–Crippen LogP) is 3.00. The average molecular weight is 224 g/mol. The Hall–Kier alpha value is -1.70. The molecule has 17 heavy (non-hydrogen) atoms. The molecular weight excluding hydrogens is 208 g/mol. The van der Waals surface area contributed by atoms with Gasteiger partial charge in [0.2, 0.25) is 0 Å². The molecule has 1 aliphatic carbocycles. The van der Waals surface area contributed by atoms with Crippen LogP contribution in [-0.2, 0) is 7.05 Å². The maximum absolute atomic E-state index is 3.57. The Morgan fingerprint density at radius 3 is 3.24 bits per heavy atom. The van der Waals surface area contributed by atoms with E-state index in [1.165, 1.54) is 40.6 Å². The van der Waals surface area contributed by atoms with Gasteiger partial charge in [0.25, 0.3) is 0 Å². The molecule has 2 nitrogen and oxygen atoms in total. The highest BCUT2D eigenvalue weighted by atomic mass is 14.9. The van der Waals surface area contributed by atoms with Gasteiger partial charge >= 0.3 is 0 Å². The molecule has 1 fully saturated rings. The van der Waals surface area contributed by atoms with E-state index in [1.807, 2.05) is 0 Å². The summed E-state index contributed by atoms with van der Waals surface area (Å²) < 4.78 is 2.24. The molecule has 0 radical (unpaired) electrons. The van der Waals surface area contributed by atoms with Crippen LogP contribution in [0.2, 0.25) is 0 Å². The highest BCUT2D eigenvalue weighted by molar-refractivity contribution is 5.95. The number of nitrogens with zero attached hydrogens (tertiary/aromatic N) is 1. The van der Waals surface area contributed by atoms with Gasteiger partial charge in [0.05, 0.1) is 0 Å². The Labute approximate surface area is 101 Å². The van der Waals surface area contributed by atoms with E-state index in [1.54, 1.807) is 0 Å². The maximum Gasteiger partial charge on any atom is 0.0486 e. The van der Waals surface area contributed by atoms with Gasteiger partial charge in [0.1, 0.15) is 0 Å². The predicted molar refractivity (Wildman–Crippen MR) is 70.9 cm³/mol. The van der Waals surface area contributed by atoms with E-state index in [-0.39, 0.29) is 0 Å². The molecule has 1 aromatic carbocycles. The lowest BCUT2D eigenvalue weighted by Gasteiger charge is -2.30. The van der Waals surface area contributed by atoms with Gasteiger partial charge in [-0.25, -0.2) is 0 Å². The number of allylic oxidation sites excluding steroid dienone is 1. The molecular formula is C15H16N2. The van der Waals surface area contributed by atoms with Crippen molar-refractivity contribution in [3.05, 3.63) is 41.2 Å². The van der Waals surface area contributed by atoms with Gasteiger partial charge < -0.3 is 9.88 Å². The van der Waals surface area contributed by atoms with E-state index in [9.17, 15) is 0 Å². The number of aryl methyl sites for hydroxylation is 1. The quantitative estimate of drug-likeness (QED) is 0.728. The van der Waals surface area contributed by atoms with Gasteiger partial charge in [-0.1, -0.05) is 12.1 Å². The Morgan fingerprint density at radius 1 is 1.35 bits per heavy atom. The molecule has 1 saturated heterocycles. The van der Waals surface area contributed by atoms with Crippen molar-refractivity contribution in [1.82, 2.24) is 9.88 Å². The molecule has 1 aliphatic heterocycles. The second-order valence-electron chi connectivity index (χ2n) is 5.16. The maximum atomic E-state index is 3.57. The molecule has 0 saturated carbocycles. The zero-order valence-electron chi connectivity index (χ0n) is 10.0. The van der Waals surface area contributed by atoms with Crippen molar-refractivity contribution in [3.63, 3.8) is 0 Å². The molecule has 86 valence electrons. The molecule has 1 aromatic heterocycles. The number of hydrogen-bond donors (Lipinski definition) is 1. The summed E-state index contributed by atoms with van der Waals surface area (Å²) >= 11 is 0. The molecule has 2 heterocycles. The molecule has 2 aliphatic rings. The first-order chi connectivity index (χ1) is 8.34. The minimum Gasteiger partial charge on any atom is -0.388 e. The normalized spacial score (nSPS) is 21.9. The van der Waals surface area contributed by atoms with Crippen molar-refractivity contribution in [2.24, 2.45) is 7.05 Å².